The number of carbonyl (C=O) groups is 1. The average molecular weight is 398 g/mol. The highest BCUT2D eigenvalue weighted by Crippen LogP contribution is 2.42. The van der Waals surface area contributed by atoms with Crippen molar-refractivity contribution in [2.75, 3.05) is 44.7 Å². The van der Waals surface area contributed by atoms with Gasteiger partial charge in [0.1, 0.15) is 5.83 Å². The predicted molar refractivity (Wildman–Crippen MR) is 112 cm³/mol. The molecule has 0 saturated carbocycles. The van der Waals surface area contributed by atoms with Crippen molar-refractivity contribution in [2.45, 2.75) is 25.3 Å². The molecule has 0 bridgehead atoms. The first-order chi connectivity index (χ1) is 14.1. The number of benzene rings is 1. The Bertz CT molecular complexity index is 856. The van der Waals surface area contributed by atoms with Gasteiger partial charge in [0.2, 0.25) is 0 Å². The molecule has 154 valence electrons. The van der Waals surface area contributed by atoms with Crippen molar-refractivity contribution in [3.05, 3.63) is 53.4 Å². The summed E-state index contributed by atoms with van der Waals surface area (Å²) in [7, 11) is 0. The average Bonchev–Trinajstić information content (AvgIpc) is 3.27. The van der Waals surface area contributed by atoms with Crippen LogP contribution >= 0.6 is 0 Å². The van der Waals surface area contributed by atoms with Crippen molar-refractivity contribution in [1.29, 1.82) is 0 Å². The van der Waals surface area contributed by atoms with E-state index in [1.54, 1.807) is 13.0 Å². The minimum atomic E-state index is -0.618. The SMILES string of the molecule is CCC(=O)C1=C(F)CC(c2ccc(NC3=NCCN3)cc2)(N2CCOCC2)C=C1. The Morgan fingerprint density at radius 3 is 2.69 bits per heavy atom. The van der Waals surface area contributed by atoms with Crippen LogP contribution in [-0.2, 0) is 15.1 Å². The monoisotopic (exact) mass is 398 g/mol. The third kappa shape index (κ3) is 3.97. The van der Waals surface area contributed by atoms with Crippen LogP contribution in [0.4, 0.5) is 10.1 Å². The number of anilines is 1. The second-order valence-electron chi connectivity index (χ2n) is 7.49. The first-order valence-electron chi connectivity index (χ1n) is 10.2. The number of Topliss-reactive ketones (excluding diaryl/α,β-unsaturated/α-hetero) is 1. The summed E-state index contributed by atoms with van der Waals surface area (Å²) in [4.78, 5) is 18.7. The van der Waals surface area contributed by atoms with Crippen LogP contribution in [0.1, 0.15) is 25.3 Å². The van der Waals surface area contributed by atoms with Crippen molar-refractivity contribution in [1.82, 2.24) is 10.2 Å². The maximum absolute atomic E-state index is 15.1. The highest BCUT2D eigenvalue weighted by molar-refractivity contribution is 5.98. The quantitative estimate of drug-likeness (QED) is 0.799. The molecular weight excluding hydrogens is 371 g/mol. The number of carbonyl (C=O) groups excluding carboxylic acids is 1. The van der Waals surface area contributed by atoms with Crippen LogP contribution in [0.3, 0.4) is 0 Å². The summed E-state index contributed by atoms with van der Waals surface area (Å²) in [6.45, 7) is 6.05. The summed E-state index contributed by atoms with van der Waals surface area (Å²) in [6.07, 6.45) is 4.13. The Hall–Kier alpha value is -2.51. The second-order valence-corrected chi connectivity index (χ2v) is 7.49. The van der Waals surface area contributed by atoms with Crippen LogP contribution in [-0.4, -0.2) is 56.0 Å². The van der Waals surface area contributed by atoms with Crippen molar-refractivity contribution in [3.63, 3.8) is 0 Å². The molecule has 1 atom stereocenters. The Morgan fingerprint density at radius 2 is 2.07 bits per heavy atom. The number of halogens is 1. The number of nitrogens with zero attached hydrogens (tertiary/aromatic N) is 2. The Morgan fingerprint density at radius 1 is 1.31 bits per heavy atom. The molecule has 0 amide bonds. The first-order valence-corrected chi connectivity index (χ1v) is 10.2. The lowest BCUT2D eigenvalue weighted by molar-refractivity contribution is -0.115. The second kappa shape index (κ2) is 8.47. The van der Waals surface area contributed by atoms with Crippen LogP contribution in [0.25, 0.3) is 0 Å². The van der Waals surface area contributed by atoms with E-state index in [9.17, 15) is 4.79 Å². The first kappa shape index (κ1) is 19.8. The third-order valence-corrected chi connectivity index (χ3v) is 5.76. The highest BCUT2D eigenvalue weighted by atomic mass is 19.1. The molecule has 29 heavy (non-hydrogen) atoms. The van der Waals surface area contributed by atoms with Gasteiger partial charge in [-0.2, -0.15) is 0 Å². The largest absolute Gasteiger partial charge is 0.379 e. The molecule has 1 aromatic carbocycles. The van der Waals surface area contributed by atoms with Gasteiger partial charge < -0.3 is 15.4 Å². The van der Waals surface area contributed by atoms with Crippen LogP contribution in [0, 0.1) is 0 Å². The molecule has 4 rings (SSSR count). The van der Waals surface area contributed by atoms with Gasteiger partial charge in [-0.1, -0.05) is 31.2 Å². The summed E-state index contributed by atoms with van der Waals surface area (Å²) < 4.78 is 20.6. The Labute approximate surface area is 170 Å². The number of allylic oxidation sites excluding steroid dienone is 2. The van der Waals surface area contributed by atoms with Gasteiger partial charge in [-0.15, -0.1) is 0 Å². The van der Waals surface area contributed by atoms with Crippen molar-refractivity contribution in [2.24, 2.45) is 4.99 Å². The molecule has 2 N–H and O–H groups in total. The number of hydrogen-bond donors (Lipinski definition) is 2. The van der Waals surface area contributed by atoms with Crippen LogP contribution in [0.5, 0.6) is 0 Å². The van der Waals surface area contributed by atoms with Gasteiger partial charge in [0.25, 0.3) is 0 Å². The fraction of sp³-hybridized carbons (Fsp3) is 0.455. The van der Waals surface area contributed by atoms with Crippen molar-refractivity contribution < 1.29 is 13.9 Å². The van der Waals surface area contributed by atoms with Gasteiger partial charge in [0.05, 0.1) is 25.3 Å². The molecule has 0 spiro atoms. The number of guanidine groups is 1. The van der Waals surface area contributed by atoms with E-state index in [1.807, 2.05) is 30.3 Å². The van der Waals surface area contributed by atoms with E-state index in [2.05, 4.69) is 20.5 Å². The molecule has 1 aliphatic carbocycles. The zero-order valence-electron chi connectivity index (χ0n) is 16.7. The van der Waals surface area contributed by atoms with E-state index in [0.717, 1.165) is 43.4 Å². The normalized spacial score (nSPS) is 25.0. The summed E-state index contributed by atoms with van der Waals surface area (Å²) in [5.74, 6) is 0.283. The lowest BCUT2D eigenvalue weighted by Gasteiger charge is -2.45. The third-order valence-electron chi connectivity index (χ3n) is 5.76. The highest BCUT2D eigenvalue weighted by Gasteiger charge is 2.41. The molecule has 1 aromatic rings. The topological polar surface area (TPSA) is 66.0 Å². The molecule has 1 saturated heterocycles. The van der Waals surface area contributed by atoms with Crippen molar-refractivity contribution >= 4 is 17.4 Å². The molecule has 0 aromatic heterocycles. The van der Waals surface area contributed by atoms with Crippen LogP contribution in [0.2, 0.25) is 0 Å². The summed E-state index contributed by atoms with van der Waals surface area (Å²) in [5.41, 5.74) is 1.52. The minimum absolute atomic E-state index is 0.154. The maximum atomic E-state index is 15.1. The predicted octanol–water partition coefficient (Wildman–Crippen LogP) is 2.75. The van der Waals surface area contributed by atoms with Gasteiger partial charge >= 0.3 is 0 Å². The van der Waals surface area contributed by atoms with E-state index in [1.165, 1.54) is 0 Å². The molecule has 2 aliphatic heterocycles. The zero-order valence-corrected chi connectivity index (χ0v) is 16.7. The lowest BCUT2D eigenvalue weighted by atomic mass is 9.79. The number of aliphatic imine (C=N–C) groups is 1. The number of ether oxygens (including phenoxy) is 1. The van der Waals surface area contributed by atoms with Crippen molar-refractivity contribution in [3.8, 4) is 0 Å². The van der Waals surface area contributed by atoms with Gasteiger partial charge in [-0.25, -0.2) is 4.39 Å². The lowest BCUT2D eigenvalue weighted by Crippen LogP contribution is -2.51. The Balaban J connectivity index is 1.64. The van der Waals surface area contributed by atoms with Gasteiger partial charge in [0, 0.05) is 43.7 Å². The fourth-order valence-electron chi connectivity index (χ4n) is 4.16. The number of hydrogen-bond acceptors (Lipinski definition) is 6. The Kier molecular flexibility index (Phi) is 5.78. The van der Waals surface area contributed by atoms with Gasteiger partial charge in [-0.3, -0.25) is 14.7 Å². The van der Waals surface area contributed by atoms with E-state index in [-0.39, 0.29) is 23.6 Å². The molecule has 3 aliphatic rings. The zero-order chi connectivity index (χ0) is 20.3. The molecule has 6 nitrogen and oxygen atoms in total. The molecule has 1 unspecified atom stereocenters. The van der Waals surface area contributed by atoms with Gasteiger partial charge in [-0.05, 0) is 17.7 Å². The standard InChI is InChI=1S/C22H27FN4O2/c1-2-20(28)18-7-8-22(15-19(18)23,27-11-13-29-14-12-27)16-3-5-17(6-4-16)26-21-24-9-10-25-21/h3-8H,2,9-15H2,1H3,(H2,24,25,26). The fourth-order valence-corrected chi connectivity index (χ4v) is 4.16. The number of ketones is 1. The smallest absolute Gasteiger partial charge is 0.195 e. The van der Waals surface area contributed by atoms with Crippen LogP contribution in [0.15, 0.2) is 52.8 Å². The number of rotatable bonds is 5. The molecular formula is C22H27FN4O2. The van der Waals surface area contributed by atoms with Gasteiger partial charge in [0.15, 0.2) is 11.7 Å². The van der Waals surface area contributed by atoms with E-state index >= 15 is 4.39 Å². The molecule has 7 heteroatoms. The maximum Gasteiger partial charge on any atom is 0.195 e. The summed E-state index contributed by atoms with van der Waals surface area (Å²) >= 11 is 0. The molecule has 1 fully saturated rings. The summed E-state index contributed by atoms with van der Waals surface area (Å²) in [6, 6.07) is 8.03. The van der Waals surface area contributed by atoms with E-state index < -0.39 is 5.54 Å². The number of nitrogens with one attached hydrogen (secondary N) is 2. The summed E-state index contributed by atoms with van der Waals surface area (Å²) in [5, 5.41) is 6.45. The number of morpholine rings is 1. The van der Waals surface area contributed by atoms with E-state index in [0.29, 0.717) is 19.6 Å². The van der Waals surface area contributed by atoms with Crippen LogP contribution < -0.4 is 10.6 Å². The molecule has 0 radical (unpaired) electrons. The van der Waals surface area contributed by atoms with E-state index in [4.69, 9.17) is 4.74 Å². The minimum Gasteiger partial charge on any atom is -0.379 e. The molecule has 2 heterocycles.